The molecule has 1 saturated carbocycles. The predicted molar refractivity (Wildman–Crippen MR) is 131 cm³/mol. The second-order valence-electron chi connectivity index (χ2n) is 9.62. The molecule has 6 nitrogen and oxygen atoms in total. The lowest BCUT2D eigenvalue weighted by molar-refractivity contribution is -0.134. The molecule has 0 radical (unpaired) electrons. The molecule has 3 aromatic rings. The number of carbonyl (C=O) groups is 2. The Kier molecular flexibility index (Phi) is 6.26. The average molecular weight is 480 g/mol. The average Bonchev–Trinajstić information content (AvgIpc) is 3.41. The molecule has 1 unspecified atom stereocenters. The molecule has 0 bridgehead atoms. The first-order chi connectivity index (χ1) is 16.5. The molecule has 1 atom stereocenters. The second-order valence-corrected chi connectivity index (χ2v) is 10.1. The van der Waals surface area contributed by atoms with Crippen LogP contribution in [0.2, 0.25) is 5.02 Å². The number of rotatable bonds is 5. The summed E-state index contributed by atoms with van der Waals surface area (Å²) in [6.45, 7) is 2.52. The molecule has 7 heteroatoms. The Bertz CT molecular complexity index is 1180. The Morgan fingerprint density at radius 1 is 1.09 bits per heavy atom. The van der Waals surface area contributed by atoms with E-state index >= 15 is 0 Å². The van der Waals surface area contributed by atoms with Crippen molar-refractivity contribution in [1.82, 2.24) is 14.8 Å². The van der Waals surface area contributed by atoms with Crippen molar-refractivity contribution in [2.45, 2.75) is 70.1 Å². The van der Waals surface area contributed by atoms with E-state index in [1.54, 1.807) is 11.2 Å². The van der Waals surface area contributed by atoms with Crippen LogP contribution in [0.3, 0.4) is 0 Å². The number of hydrogen-bond acceptors (Lipinski definition) is 3. The SMILES string of the molecule is CC1(C(=O)NC2CCCCCC2)Cn2c(ccc2-c2ccco2)C(=O)N1Cc1cccc(Cl)c1. The van der Waals surface area contributed by atoms with E-state index in [2.05, 4.69) is 5.32 Å². The summed E-state index contributed by atoms with van der Waals surface area (Å²) in [5.41, 5.74) is 1.16. The number of aromatic nitrogens is 1. The van der Waals surface area contributed by atoms with Gasteiger partial charge in [0.2, 0.25) is 5.91 Å². The van der Waals surface area contributed by atoms with Gasteiger partial charge in [0.05, 0.1) is 18.5 Å². The third-order valence-corrected chi connectivity index (χ3v) is 7.42. The Morgan fingerprint density at radius 2 is 1.85 bits per heavy atom. The summed E-state index contributed by atoms with van der Waals surface area (Å²) < 4.78 is 7.54. The number of amides is 2. The number of furan rings is 1. The van der Waals surface area contributed by atoms with Crippen molar-refractivity contribution in [1.29, 1.82) is 0 Å². The Hall–Kier alpha value is -2.99. The van der Waals surface area contributed by atoms with Crippen molar-refractivity contribution in [3.63, 3.8) is 0 Å². The maximum Gasteiger partial charge on any atom is 0.271 e. The monoisotopic (exact) mass is 479 g/mol. The van der Waals surface area contributed by atoms with E-state index in [1.807, 2.05) is 60.0 Å². The minimum Gasteiger partial charge on any atom is -0.463 e. The summed E-state index contributed by atoms with van der Waals surface area (Å²) >= 11 is 6.22. The van der Waals surface area contributed by atoms with Gasteiger partial charge < -0.3 is 19.2 Å². The summed E-state index contributed by atoms with van der Waals surface area (Å²) in [5, 5.41) is 3.90. The summed E-state index contributed by atoms with van der Waals surface area (Å²) in [6.07, 6.45) is 8.25. The van der Waals surface area contributed by atoms with Crippen molar-refractivity contribution in [3.05, 3.63) is 71.1 Å². The molecule has 0 saturated heterocycles. The predicted octanol–water partition coefficient (Wildman–Crippen LogP) is 5.66. The molecule has 178 valence electrons. The Morgan fingerprint density at radius 3 is 2.56 bits per heavy atom. The molecule has 1 fully saturated rings. The number of nitrogens with zero attached hydrogens (tertiary/aromatic N) is 2. The van der Waals surface area contributed by atoms with Gasteiger partial charge in [0.15, 0.2) is 0 Å². The van der Waals surface area contributed by atoms with Crippen LogP contribution in [0.5, 0.6) is 0 Å². The number of nitrogens with one attached hydrogen (secondary N) is 1. The van der Waals surface area contributed by atoms with Gasteiger partial charge in [-0.2, -0.15) is 0 Å². The van der Waals surface area contributed by atoms with Crippen molar-refractivity contribution in [2.75, 3.05) is 0 Å². The van der Waals surface area contributed by atoms with Crippen LogP contribution >= 0.6 is 11.6 Å². The molecular weight excluding hydrogens is 450 g/mol. The fourth-order valence-corrected chi connectivity index (χ4v) is 5.46. The van der Waals surface area contributed by atoms with Gasteiger partial charge in [-0.15, -0.1) is 0 Å². The maximum absolute atomic E-state index is 13.9. The maximum atomic E-state index is 13.9. The minimum atomic E-state index is -1.07. The van der Waals surface area contributed by atoms with Crippen LogP contribution in [0.15, 0.2) is 59.2 Å². The van der Waals surface area contributed by atoms with Crippen LogP contribution in [0.25, 0.3) is 11.5 Å². The van der Waals surface area contributed by atoms with E-state index in [9.17, 15) is 9.59 Å². The number of fused-ring (bicyclic) bond motifs is 1. The highest BCUT2D eigenvalue weighted by Crippen LogP contribution is 2.35. The van der Waals surface area contributed by atoms with Gasteiger partial charge in [-0.25, -0.2) is 0 Å². The fraction of sp³-hybridized carbons (Fsp3) is 0.407. The van der Waals surface area contributed by atoms with E-state index in [0.29, 0.717) is 29.6 Å². The first kappa shape index (κ1) is 22.8. The highest BCUT2D eigenvalue weighted by molar-refractivity contribution is 6.30. The molecule has 1 aliphatic heterocycles. The molecule has 1 aromatic carbocycles. The summed E-state index contributed by atoms with van der Waals surface area (Å²) in [4.78, 5) is 29.4. The van der Waals surface area contributed by atoms with E-state index in [-0.39, 0.29) is 17.9 Å². The highest BCUT2D eigenvalue weighted by Gasteiger charge is 2.48. The lowest BCUT2D eigenvalue weighted by Gasteiger charge is -2.45. The van der Waals surface area contributed by atoms with Crippen molar-refractivity contribution < 1.29 is 14.0 Å². The van der Waals surface area contributed by atoms with Gasteiger partial charge in [-0.1, -0.05) is 49.4 Å². The largest absolute Gasteiger partial charge is 0.463 e. The third-order valence-electron chi connectivity index (χ3n) is 7.19. The molecule has 5 rings (SSSR count). The van der Waals surface area contributed by atoms with Gasteiger partial charge in [-0.05, 0) is 61.7 Å². The third kappa shape index (κ3) is 4.27. The zero-order valence-electron chi connectivity index (χ0n) is 19.4. The van der Waals surface area contributed by atoms with Crippen molar-refractivity contribution in [3.8, 4) is 11.5 Å². The van der Waals surface area contributed by atoms with Crippen LogP contribution < -0.4 is 5.32 Å². The van der Waals surface area contributed by atoms with Crippen molar-refractivity contribution >= 4 is 23.4 Å². The molecule has 0 spiro atoms. The van der Waals surface area contributed by atoms with Crippen LogP contribution in [0, 0.1) is 0 Å². The normalized spacial score (nSPS) is 21.2. The Labute approximate surface area is 204 Å². The minimum absolute atomic E-state index is 0.112. The molecule has 2 aliphatic rings. The first-order valence-electron chi connectivity index (χ1n) is 12.1. The van der Waals surface area contributed by atoms with E-state index in [1.165, 1.54) is 12.8 Å². The quantitative estimate of drug-likeness (QED) is 0.480. The number of halogens is 1. The molecular formula is C27H30ClN3O3. The van der Waals surface area contributed by atoms with Crippen molar-refractivity contribution in [2.24, 2.45) is 0 Å². The number of carbonyl (C=O) groups excluding carboxylic acids is 2. The van der Waals surface area contributed by atoms with E-state index in [4.69, 9.17) is 16.0 Å². The Balaban J connectivity index is 1.52. The van der Waals surface area contributed by atoms with Gasteiger partial charge in [-0.3, -0.25) is 9.59 Å². The molecule has 2 aromatic heterocycles. The van der Waals surface area contributed by atoms with Gasteiger partial charge in [0, 0.05) is 17.6 Å². The van der Waals surface area contributed by atoms with Gasteiger partial charge >= 0.3 is 0 Å². The van der Waals surface area contributed by atoms with Crippen LogP contribution in [-0.2, 0) is 17.9 Å². The first-order valence-corrected chi connectivity index (χ1v) is 12.4. The molecule has 1 aliphatic carbocycles. The lowest BCUT2D eigenvalue weighted by Crippen LogP contribution is -2.64. The van der Waals surface area contributed by atoms with E-state index in [0.717, 1.165) is 36.9 Å². The highest BCUT2D eigenvalue weighted by atomic mass is 35.5. The number of benzene rings is 1. The smallest absolute Gasteiger partial charge is 0.271 e. The molecule has 3 heterocycles. The van der Waals surface area contributed by atoms with Crippen LogP contribution in [0.4, 0.5) is 0 Å². The molecule has 1 N–H and O–H groups in total. The molecule has 2 amide bonds. The van der Waals surface area contributed by atoms with E-state index < -0.39 is 5.54 Å². The zero-order chi connectivity index (χ0) is 23.7. The standard InChI is InChI=1S/C27H30ClN3O3/c1-27(26(33)29-21-10-4-2-3-5-11-21)18-30-22(24-12-7-15-34-24)13-14-23(30)25(32)31(27)17-19-8-6-9-20(28)16-19/h6-9,12-16,21H,2-5,10-11,17-18H2,1H3,(H,29,33). The summed E-state index contributed by atoms with van der Waals surface area (Å²) in [5.74, 6) is 0.385. The van der Waals surface area contributed by atoms with Gasteiger partial charge in [0.25, 0.3) is 5.91 Å². The fourth-order valence-electron chi connectivity index (χ4n) is 5.24. The lowest BCUT2D eigenvalue weighted by atomic mass is 9.92. The summed E-state index contributed by atoms with van der Waals surface area (Å²) in [7, 11) is 0. The number of hydrogen-bond donors (Lipinski definition) is 1. The van der Waals surface area contributed by atoms with Crippen LogP contribution in [0.1, 0.15) is 61.5 Å². The van der Waals surface area contributed by atoms with Crippen LogP contribution in [-0.4, -0.2) is 32.9 Å². The zero-order valence-corrected chi connectivity index (χ0v) is 20.2. The van der Waals surface area contributed by atoms with Gasteiger partial charge in [0.1, 0.15) is 17.0 Å². The summed E-state index contributed by atoms with van der Waals surface area (Å²) in [6, 6.07) is 15.0. The molecule has 34 heavy (non-hydrogen) atoms. The topological polar surface area (TPSA) is 67.5 Å². The second kappa shape index (κ2) is 9.34.